The van der Waals surface area contributed by atoms with Gasteiger partial charge in [0.25, 0.3) is 0 Å². The number of nitrogens with zero attached hydrogens (tertiary/aromatic N) is 1. The summed E-state index contributed by atoms with van der Waals surface area (Å²) in [4.78, 5) is 4.02. The van der Waals surface area contributed by atoms with Gasteiger partial charge in [-0.3, -0.25) is 0 Å². The molecule has 1 aliphatic heterocycles. The number of nitrogens with one attached hydrogen (secondary N) is 1. The molecule has 0 radical (unpaired) electrons. The third-order valence-corrected chi connectivity index (χ3v) is 5.08. The quantitative estimate of drug-likeness (QED) is 0.896. The van der Waals surface area contributed by atoms with E-state index in [2.05, 4.69) is 59.8 Å². The number of benzene rings is 1. The molecular formula is C16H20N2S. The Bertz CT molecular complexity index is 561. The lowest BCUT2D eigenvalue weighted by molar-refractivity contribution is 0.643. The summed E-state index contributed by atoms with van der Waals surface area (Å²) in [6.07, 6.45) is 0. The molecule has 3 rings (SSSR count). The third-order valence-electron chi connectivity index (χ3n) is 3.89. The van der Waals surface area contributed by atoms with E-state index in [0.29, 0.717) is 6.04 Å². The van der Waals surface area contributed by atoms with Crippen molar-refractivity contribution in [1.29, 1.82) is 0 Å². The highest BCUT2D eigenvalue weighted by molar-refractivity contribution is 7.10. The highest BCUT2D eigenvalue weighted by Gasteiger charge is 2.22. The second kappa shape index (κ2) is 5.35. The first-order chi connectivity index (χ1) is 9.27. The van der Waals surface area contributed by atoms with Gasteiger partial charge in [0.15, 0.2) is 0 Å². The molecule has 0 bridgehead atoms. The van der Waals surface area contributed by atoms with Crippen molar-refractivity contribution in [2.24, 2.45) is 0 Å². The number of thiophene rings is 1. The summed E-state index contributed by atoms with van der Waals surface area (Å²) in [5, 5.41) is 5.71. The van der Waals surface area contributed by atoms with Crippen LogP contribution in [0.4, 0.5) is 5.69 Å². The Morgan fingerprint density at radius 3 is 2.89 bits per heavy atom. The Hall–Kier alpha value is -1.32. The van der Waals surface area contributed by atoms with Crippen LogP contribution in [-0.2, 0) is 6.54 Å². The summed E-state index contributed by atoms with van der Waals surface area (Å²) in [5.41, 5.74) is 4.20. The molecule has 0 fully saturated rings. The summed E-state index contributed by atoms with van der Waals surface area (Å²) in [7, 11) is 0. The summed E-state index contributed by atoms with van der Waals surface area (Å²) in [5.74, 6) is 0. The standard InChI is InChI=1S/C16H20N2S/c1-12-7-10-19-16(12)13(2)18-9-8-17-11-14-5-3-4-6-15(14)18/h3-7,10,13,17H,8-9,11H2,1-2H3. The minimum atomic E-state index is 0.445. The molecular weight excluding hydrogens is 252 g/mol. The van der Waals surface area contributed by atoms with E-state index in [0.717, 1.165) is 19.6 Å². The van der Waals surface area contributed by atoms with Crippen LogP contribution in [0.2, 0.25) is 0 Å². The number of aryl methyl sites for hydroxylation is 1. The summed E-state index contributed by atoms with van der Waals surface area (Å²) in [6, 6.07) is 11.4. The third kappa shape index (κ3) is 2.40. The van der Waals surface area contributed by atoms with Crippen LogP contribution < -0.4 is 10.2 Å². The fourth-order valence-electron chi connectivity index (χ4n) is 2.84. The highest BCUT2D eigenvalue weighted by atomic mass is 32.1. The van der Waals surface area contributed by atoms with E-state index < -0.39 is 0 Å². The molecule has 0 amide bonds. The van der Waals surface area contributed by atoms with Crippen molar-refractivity contribution in [3.63, 3.8) is 0 Å². The zero-order valence-corrected chi connectivity index (χ0v) is 12.3. The average Bonchev–Trinajstić information content (AvgIpc) is 2.74. The topological polar surface area (TPSA) is 15.3 Å². The lowest BCUT2D eigenvalue weighted by Gasteiger charge is -2.31. The molecule has 0 saturated carbocycles. The van der Waals surface area contributed by atoms with Gasteiger partial charge in [-0.25, -0.2) is 0 Å². The number of hydrogen-bond donors (Lipinski definition) is 1. The van der Waals surface area contributed by atoms with Crippen LogP contribution in [0.3, 0.4) is 0 Å². The van der Waals surface area contributed by atoms with Gasteiger partial charge < -0.3 is 10.2 Å². The van der Waals surface area contributed by atoms with Gasteiger partial charge in [-0.2, -0.15) is 0 Å². The van der Waals surface area contributed by atoms with Crippen LogP contribution in [0, 0.1) is 6.92 Å². The van der Waals surface area contributed by atoms with Gasteiger partial charge >= 0.3 is 0 Å². The van der Waals surface area contributed by atoms with Crippen molar-refractivity contribution in [1.82, 2.24) is 5.32 Å². The minimum Gasteiger partial charge on any atom is -0.362 e. The first kappa shape index (κ1) is 12.7. The maximum atomic E-state index is 3.51. The number of hydrogen-bond acceptors (Lipinski definition) is 3. The maximum absolute atomic E-state index is 3.51. The van der Waals surface area contributed by atoms with E-state index in [1.807, 2.05) is 11.3 Å². The van der Waals surface area contributed by atoms with Crippen LogP contribution >= 0.6 is 11.3 Å². The van der Waals surface area contributed by atoms with E-state index in [-0.39, 0.29) is 0 Å². The molecule has 1 aromatic heterocycles. The number of para-hydroxylation sites is 1. The van der Waals surface area contributed by atoms with Crippen LogP contribution in [-0.4, -0.2) is 13.1 Å². The Kier molecular flexibility index (Phi) is 3.58. The lowest BCUT2D eigenvalue weighted by Crippen LogP contribution is -2.31. The molecule has 3 heteroatoms. The van der Waals surface area contributed by atoms with Gasteiger partial charge in [-0.05, 0) is 42.5 Å². The fourth-order valence-corrected chi connectivity index (χ4v) is 3.84. The van der Waals surface area contributed by atoms with Crippen molar-refractivity contribution >= 4 is 17.0 Å². The van der Waals surface area contributed by atoms with E-state index in [4.69, 9.17) is 0 Å². The monoisotopic (exact) mass is 272 g/mol. The molecule has 2 heterocycles. The van der Waals surface area contributed by atoms with Crippen molar-refractivity contribution in [3.8, 4) is 0 Å². The minimum absolute atomic E-state index is 0.445. The molecule has 2 nitrogen and oxygen atoms in total. The van der Waals surface area contributed by atoms with Crippen LogP contribution in [0.15, 0.2) is 35.7 Å². The second-order valence-corrected chi connectivity index (χ2v) is 6.09. The van der Waals surface area contributed by atoms with E-state index in [1.54, 1.807) is 0 Å². The molecule has 0 spiro atoms. The molecule has 100 valence electrons. The number of rotatable bonds is 2. The number of anilines is 1. The molecule has 2 aromatic rings. The Labute approximate surface area is 119 Å². The highest BCUT2D eigenvalue weighted by Crippen LogP contribution is 2.34. The molecule has 0 aliphatic carbocycles. The molecule has 1 aromatic carbocycles. The predicted molar refractivity (Wildman–Crippen MR) is 83.0 cm³/mol. The zero-order chi connectivity index (χ0) is 13.2. The molecule has 1 N–H and O–H groups in total. The summed E-state index contributed by atoms with van der Waals surface area (Å²) >= 11 is 1.87. The lowest BCUT2D eigenvalue weighted by atomic mass is 10.1. The largest absolute Gasteiger partial charge is 0.362 e. The van der Waals surface area contributed by atoms with Gasteiger partial charge in [-0.1, -0.05) is 18.2 Å². The Morgan fingerprint density at radius 1 is 1.26 bits per heavy atom. The second-order valence-electron chi connectivity index (χ2n) is 5.14. The predicted octanol–water partition coefficient (Wildman–Crippen LogP) is 3.73. The SMILES string of the molecule is Cc1ccsc1C(C)N1CCNCc2ccccc21. The normalized spacial score (nSPS) is 16.8. The van der Waals surface area contributed by atoms with Crippen molar-refractivity contribution in [3.05, 3.63) is 51.7 Å². The van der Waals surface area contributed by atoms with Crippen molar-refractivity contribution < 1.29 is 0 Å². The molecule has 19 heavy (non-hydrogen) atoms. The van der Waals surface area contributed by atoms with E-state index >= 15 is 0 Å². The smallest absolute Gasteiger partial charge is 0.0610 e. The summed E-state index contributed by atoms with van der Waals surface area (Å²) in [6.45, 7) is 7.62. The van der Waals surface area contributed by atoms with Crippen molar-refractivity contribution in [2.75, 3.05) is 18.0 Å². The number of fused-ring (bicyclic) bond motifs is 1. The van der Waals surface area contributed by atoms with Gasteiger partial charge in [0.05, 0.1) is 6.04 Å². The Balaban J connectivity index is 1.98. The van der Waals surface area contributed by atoms with Gasteiger partial charge in [-0.15, -0.1) is 11.3 Å². The molecule has 1 atom stereocenters. The first-order valence-corrected chi connectivity index (χ1v) is 7.74. The van der Waals surface area contributed by atoms with E-state index in [9.17, 15) is 0 Å². The van der Waals surface area contributed by atoms with Crippen molar-refractivity contribution in [2.45, 2.75) is 26.4 Å². The van der Waals surface area contributed by atoms with E-state index in [1.165, 1.54) is 21.7 Å². The van der Waals surface area contributed by atoms with Crippen LogP contribution in [0.1, 0.15) is 29.0 Å². The zero-order valence-electron chi connectivity index (χ0n) is 11.5. The van der Waals surface area contributed by atoms with Gasteiger partial charge in [0.2, 0.25) is 0 Å². The molecule has 1 unspecified atom stereocenters. The molecule has 1 aliphatic rings. The van der Waals surface area contributed by atoms with Crippen LogP contribution in [0.25, 0.3) is 0 Å². The maximum Gasteiger partial charge on any atom is 0.0610 e. The molecule has 0 saturated heterocycles. The fraction of sp³-hybridized carbons (Fsp3) is 0.375. The van der Waals surface area contributed by atoms with Gasteiger partial charge in [0, 0.05) is 30.2 Å². The first-order valence-electron chi connectivity index (χ1n) is 6.86. The average molecular weight is 272 g/mol. The van der Waals surface area contributed by atoms with Gasteiger partial charge in [0.1, 0.15) is 0 Å². The summed E-state index contributed by atoms with van der Waals surface area (Å²) < 4.78 is 0. The Morgan fingerprint density at radius 2 is 2.11 bits per heavy atom. The van der Waals surface area contributed by atoms with Crippen LogP contribution in [0.5, 0.6) is 0 Å².